The molecule has 0 saturated carbocycles. The molecule has 27 heavy (non-hydrogen) atoms. The number of carbonyl (C=O) groups is 2. The summed E-state index contributed by atoms with van der Waals surface area (Å²) in [7, 11) is 0. The van der Waals surface area contributed by atoms with E-state index in [4.69, 9.17) is 9.84 Å². The van der Waals surface area contributed by atoms with Crippen molar-refractivity contribution >= 4 is 17.6 Å². The highest BCUT2D eigenvalue weighted by Crippen LogP contribution is 2.32. The third kappa shape index (κ3) is 4.52. The summed E-state index contributed by atoms with van der Waals surface area (Å²) in [6.07, 6.45) is 1.34. The Hall–Kier alpha value is -3.16. The Balaban J connectivity index is 1.82. The van der Waals surface area contributed by atoms with Gasteiger partial charge in [0.15, 0.2) is 6.61 Å². The molecular weight excluding hydrogens is 360 g/mol. The van der Waals surface area contributed by atoms with Crippen LogP contribution in [0.2, 0.25) is 0 Å². The summed E-state index contributed by atoms with van der Waals surface area (Å²) in [5, 5.41) is 8.69. The van der Waals surface area contributed by atoms with Crippen molar-refractivity contribution in [3.63, 3.8) is 0 Å². The van der Waals surface area contributed by atoms with Gasteiger partial charge in [0.25, 0.3) is 5.91 Å². The Kier molecular flexibility index (Phi) is 5.54. The Morgan fingerprint density at radius 2 is 1.96 bits per heavy atom. The number of anilines is 1. The number of aryl methyl sites for hydroxylation is 1. The number of benzene rings is 2. The maximum Gasteiger partial charge on any atom is 0.387 e. The molecule has 2 aromatic rings. The van der Waals surface area contributed by atoms with Crippen LogP contribution < -0.4 is 14.4 Å². The van der Waals surface area contributed by atoms with Crippen molar-refractivity contribution in [3.8, 4) is 11.5 Å². The van der Waals surface area contributed by atoms with Crippen molar-refractivity contribution in [1.82, 2.24) is 0 Å². The van der Waals surface area contributed by atoms with Crippen molar-refractivity contribution in [1.29, 1.82) is 0 Å². The lowest BCUT2D eigenvalue weighted by molar-refractivity contribution is -0.139. The van der Waals surface area contributed by atoms with Crippen LogP contribution in [0.5, 0.6) is 11.5 Å². The Bertz CT molecular complexity index is 856. The zero-order valence-electron chi connectivity index (χ0n) is 14.2. The monoisotopic (exact) mass is 377 g/mol. The van der Waals surface area contributed by atoms with E-state index in [1.54, 1.807) is 29.2 Å². The van der Waals surface area contributed by atoms with Gasteiger partial charge in [0, 0.05) is 17.8 Å². The van der Waals surface area contributed by atoms with Crippen LogP contribution >= 0.6 is 0 Å². The third-order valence-electron chi connectivity index (χ3n) is 4.08. The van der Waals surface area contributed by atoms with Crippen molar-refractivity contribution < 1.29 is 33.0 Å². The molecule has 0 radical (unpaired) electrons. The highest BCUT2D eigenvalue weighted by Gasteiger charge is 2.24. The second-order valence-electron chi connectivity index (χ2n) is 5.94. The lowest BCUT2D eigenvalue weighted by atomic mass is 10.0. The van der Waals surface area contributed by atoms with Crippen LogP contribution in [0.1, 0.15) is 22.3 Å². The molecule has 0 aliphatic carbocycles. The molecule has 1 heterocycles. The average Bonchev–Trinajstić information content (AvgIpc) is 2.65. The molecule has 8 heteroatoms. The molecule has 1 aliphatic heterocycles. The molecule has 3 rings (SSSR count). The first-order valence-electron chi connectivity index (χ1n) is 8.28. The number of carboxylic acids is 1. The summed E-state index contributed by atoms with van der Waals surface area (Å²) >= 11 is 0. The van der Waals surface area contributed by atoms with Gasteiger partial charge in [-0.15, -0.1) is 0 Å². The van der Waals surface area contributed by atoms with Gasteiger partial charge in [-0.25, -0.2) is 4.79 Å². The number of hydrogen-bond donors (Lipinski definition) is 1. The lowest BCUT2D eigenvalue weighted by Crippen LogP contribution is -2.35. The number of rotatable bonds is 6. The smallest absolute Gasteiger partial charge is 0.387 e. The largest absolute Gasteiger partial charge is 0.482 e. The SMILES string of the molecule is O=C(O)COc1cccc(C(=O)N2CCCc3cc(OC(F)F)ccc32)c1. The van der Waals surface area contributed by atoms with Crippen LogP contribution in [-0.2, 0) is 11.2 Å². The molecule has 1 aliphatic rings. The fourth-order valence-electron chi connectivity index (χ4n) is 2.98. The molecule has 0 spiro atoms. The van der Waals surface area contributed by atoms with Gasteiger partial charge in [-0.1, -0.05) is 6.07 Å². The van der Waals surface area contributed by atoms with Crippen LogP contribution in [0.3, 0.4) is 0 Å². The summed E-state index contributed by atoms with van der Waals surface area (Å²) in [5.74, 6) is -1.05. The predicted octanol–water partition coefficient (Wildman–Crippen LogP) is 3.34. The van der Waals surface area contributed by atoms with Crippen LogP contribution in [0.15, 0.2) is 42.5 Å². The molecule has 2 aromatic carbocycles. The number of aliphatic carboxylic acids is 1. The summed E-state index contributed by atoms with van der Waals surface area (Å²) in [6, 6.07) is 10.8. The highest BCUT2D eigenvalue weighted by molar-refractivity contribution is 6.07. The normalized spacial score (nSPS) is 13.2. The average molecular weight is 377 g/mol. The predicted molar refractivity (Wildman–Crippen MR) is 92.6 cm³/mol. The topological polar surface area (TPSA) is 76.1 Å². The van der Waals surface area contributed by atoms with Crippen LogP contribution in [-0.4, -0.2) is 36.7 Å². The van der Waals surface area contributed by atoms with Gasteiger partial charge in [0.1, 0.15) is 11.5 Å². The van der Waals surface area contributed by atoms with E-state index in [-0.39, 0.29) is 17.4 Å². The molecule has 1 amide bonds. The molecule has 0 atom stereocenters. The third-order valence-corrected chi connectivity index (χ3v) is 4.08. The lowest BCUT2D eigenvalue weighted by Gasteiger charge is -2.30. The van der Waals surface area contributed by atoms with Crippen molar-refractivity contribution in [2.75, 3.05) is 18.1 Å². The summed E-state index contributed by atoms with van der Waals surface area (Å²) in [4.78, 5) is 25.1. The van der Waals surface area contributed by atoms with E-state index in [9.17, 15) is 18.4 Å². The van der Waals surface area contributed by atoms with Crippen LogP contribution in [0.4, 0.5) is 14.5 Å². The van der Waals surface area contributed by atoms with Gasteiger partial charge in [-0.05, 0) is 54.8 Å². The van der Waals surface area contributed by atoms with Gasteiger partial charge in [0.2, 0.25) is 0 Å². The van der Waals surface area contributed by atoms with E-state index in [0.717, 1.165) is 5.56 Å². The van der Waals surface area contributed by atoms with E-state index in [0.29, 0.717) is 30.6 Å². The highest BCUT2D eigenvalue weighted by atomic mass is 19.3. The minimum absolute atomic E-state index is 0.0575. The number of fused-ring (bicyclic) bond motifs is 1. The van der Waals surface area contributed by atoms with E-state index in [1.165, 1.54) is 18.2 Å². The molecule has 0 unspecified atom stereocenters. The quantitative estimate of drug-likeness (QED) is 0.836. The number of hydrogen-bond acceptors (Lipinski definition) is 4. The number of amides is 1. The molecule has 1 N–H and O–H groups in total. The Morgan fingerprint density at radius 1 is 1.15 bits per heavy atom. The molecule has 0 fully saturated rings. The van der Waals surface area contributed by atoms with Gasteiger partial charge in [-0.3, -0.25) is 4.79 Å². The van der Waals surface area contributed by atoms with Crippen molar-refractivity contribution in [2.45, 2.75) is 19.5 Å². The maximum absolute atomic E-state index is 12.9. The number of ether oxygens (including phenoxy) is 2. The van der Waals surface area contributed by atoms with Crippen molar-refractivity contribution in [2.24, 2.45) is 0 Å². The summed E-state index contributed by atoms with van der Waals surface area (Å²) in [5.41, 5.74) is 1.74. The zero-order chi connectivity index (χ0) is 19.4. The van der Waals surface area contributed by atoms with Crippen molar-refractivity contribution in [3.05, 3.63) is 53.6 Å². The number of carboxylic acid groups (broad SMARTS) is 1. The Morgan fingerprint density at radius 3 is 2.70 bits per heavy atom. The number of carbonyl (C=O) groups excluding carboxylic acids is 1. The van der Waals surface area contributed by atoms with E-state index < -0.39 is 19.2 Å². The van der Waals surface area contributed by atoms with Gasteiger partial charge in [-0.2, -0.15) is 8.78 Å². The first kappa shape index (κ1) is 18.6. The number of alkyl halides is 2. The van der Waals surface area contributed by atoms with E-state index >= 15 is 0 Å². The standard InChI is InChI=1S/C19H17F2NO5/c20-19(21)27-15-6-7-16-12(9-15)4-2-8-22(16)18(25)13-3-1-5-14(10-13)26-11-17(23)24/h1,3,5-7,9-10,19H,2,4,8,11H2,(H,23,24). The molecule has 142 valence electrons. The van der Waals surface area contributed by atoms with Gasteiger partial charge < -0.3 is 19.5 Å². The minimum atomic E-state index is -2.90. The van der Waals surface area contributed by atoms with E-state index in [2.05, 4.69) is 4.74 Å². The molecule has 0 bridgehead atoms. The van der Waals surface area contributed by atoms with E-state index in [1.807, 2.05) is 0 Å². The van der Waals surface area contributed by atoms with Crippen LogP contribution in [0, 0.1) is 0 Å². The Labute approximate surface area is 153 Å². The van der Waals surface area contributed by atoms with Gasteiger partial charge >= 0.3 is 12.6 Å². The minimum Gasteiger partial charge on any atom is -0.482 e. The fourth-order valence-corrected chi connectivity index (χ4v) is 2.98. The second-order valence-corrected chi connectivity index (χ2v) is 5.94. The molecule has 0 aromatic heterocycles. The first-order chi connectivity index (χ1) is 12.9. The number of nitrogens with zero attached hydrogens (tertiary/aromatic N) is 1. The summed E-state index contributed by atoms with van der Waals surface area (Å²) < 4.78 is 34.3. The second kappa shape index (κ2) is 8.03. The van der Waals surface area contributed by atoms with Gasteiger partial charge in [0.05, 0.1) is 0 Å². The fraction of sp³-hybridized carbons (Fsp3) is 0.263. The molecule has 6 nitrogen and oxygen atoms in total. The number of halogens is 2. The first-order valence-corrected chi connectivity index (χ1v) is 8.28. The molecule has 0 saturated heterocycles. The molecular formula is C19H17F2NO5. The summed E-state index contributed by atoms with van der Waals surface area (Å²) in [6.45, 7) is -2.92. The van der Waals surface area contributed by atoms with Crippen LogP contribution in [0.25, 0.3) is 0 Å². The maximum atomic E-state index is 12.9. The zero-order valence-corrected chi connectivity index (χ0v) is 14.2.